The maximum Gasteiger partial charge on any atom is 0.343 e. The lowest BCUT2D eigenvalue weighted by Gasteiger charge is -2.10. The van der Waals surface area contributed by atoms with E-state index in [1.54, 1.807) is 49.4 Å². The highest BCUT2D eigenvalue weighted by molar-refractivity contribution is 7.17. The molecule has 0 unspecified atom stereocenters. The molecule has 2 amide bonds. The molecule has 0 atom stereocenters. The molecule has 3 aromatic rings. The SMILES string of the molecule is COC(=O)c1c(NC(=O)C(=O)N/N=C(\C)c2ccccc2OC(=O)c2cccc(C)c2)sc2c1CCC2. The van der Waals surface area contributed by atoms with Crippen molar-refractivity contribution in [3.63, 3.8) is 0 Å². The lowest BCUT2D eigenvalue weighted by Crippen LogP contribution is -2.33. The van der Waals surface area contributed by atoms with Crippen LogP contribution in [0.2, 0.25) is 0 Å². The summed E-state index contributed by atoms with van der Waals surface area (Å²) >= 11 is 1.27. The van der Waals surface area contributed by atoms with Gasteiger partial charge in [-0.1, -0.05) is 29.8 Å². The van der Waals surface area contributed by atoms with E-state index in [0.717, 1.165) is 35.3 Å². The Balaban J connectivity index is 1.45. The van der Waals surface area contributed by atoms with Gasteiger partial charge in [-0.2, -0.15) is 5.10 Å². The fourth-order valence-corrected chi connectivity index (χ4v) is 5.27. The fraction of sp³-hybridized carbons (Fsp3) is 0.222. The maximum atomic E-state index is 12.6. The topological polar surface area (TPSA) is 123 Å². The summed E-state index contributed by atoms with van der Waals surface area (Å²) in [5.74, 6) is -2.82. The highest BCUT2D eigenvalue weighted by Gasteiger charge is 2.29. The second-order valence-corrected chi connectivity index (χ2v) is 9.51. The summed E-state index contributed by atoms with van der Waals surface area (Å²) < 4.78 is 10.4. The van der Waals surface area contributed by atoms with Crippen LogP contribution in [0.5, 0.6) is 5.75 Å². The zero-order valence-electron chi connectivity index (χ0n) is 20.5. The van der Waals surface area contributed by atoms with E-state index in [1.165, 1.54) is 18.4 Å². The monoisotopic (exact) mass is 519 g/mol. The third kappa shape index (κ3) is 5.75. The molecule has 0 saturated carbocycles. The standard InChI is InChI=1S/C27H25N3O6S/c1-15-8-6-9-17(14-15)26(33)36-20-12-5-4-10-18(20)16(2)29-30-24(32)23(31)28-25-22(27(34)35-3)19-11-7-13-21(19)37-25/h4-6,8-10,12,14H,7,11,13H2,1-3H3,(H,28,31)(H,30,32)/b29-16+. The van der Waals surface area contributed by atoms with Crippen LogP contribution in [0.25, 0.3) is 0 Å². The number of hydrogen-bond donors (Lipinski definition) is 2. The third-order valence-corrected chi connectivity index (χ3v) is 7.01. The number of anilines is 1. The minimum atomic E-state index is -1.02. The first kappa shape index (κ1) is 25.8. The summed E-state index contributed by atoms with van der Waals surface area (Å²) in [7, 11) is 1.27. The lowest BCUT2D eigenvalue weighted by atomic mass is 10.1. The normalized spacial score (nSPS) is 12.5. The second-order valence-electron chi connectivity index (χ2n) is 8.40. The Kier molecular flexibility index (Phi) is 7.78. The minimum absolute atomic E-state index is 0.254. The van der Waals surface area contributed by atoms with Crippen molar-refractivity contribution in [2.24, 2.45) is 5.10 Å². The number of hydrogen-bond acceptors (Lipinski definition) is 8. The number of methoxy groups -OCH3 is 1. The van der Waals surface area contributed by atoms with E-state index in [9.17, 15) is 19.2 Å². The van der Waals surface area contributed by atoms with Crippen LogP contribution in [-0.2, 0) is 27.2 Å². The lowest BCUT2D eigenvalue weighted by molar-refractivity contribution is -0.136. The van der Waals surface area contributed by atoms with Crippen LogP contribution in [0.1, 0.15) is 55.6 Å². The molecule has 2 aromatic carbocycles. The molecule has 0 saturated heterocycles. The smallest absolute Gasteiger partial charge is 0.343 e. The molecule has 10 heteroatoms. The first-order valence-electron chi connectivity index (χ1n) is 11.5. The largest absolute Gasteiger partial charge is 0.465 e. The predicted octanol–water partition coefficient (Wildman–Crippen LogP) is 4.03. The number of thiophene rings is 1. The Hall–Kier alpha value is -4.31. The molecule has 2 N–H and O–H groups in total. The average molecular weight is 520 g/mol. The van der Waals surface area contributed by atoms with Crippen molar-refractivity contribution >= 4 is 45.8 Å². The molecule has 4 rings (SSSR count). The molecule has 190 valence electrons. The Morgan fingerprint density at radius 2 is 1.76 bits per heavy atom. The zero-order valence-corrected chi connectivity index (χ0v) is 21.4. The number of rotatable bonds is 6. The van der Waals surface area contributed by atoms with Gasteiger partial charge >= 0.3 is 23.8 Å². The van der Waals surface area contributed by atoms with Gasteiger partial charge in [0.1, 0.15) is 10.8 Å². The fourth-order valence-electron chi connectivity index (χ4n) is 4.00. The molecule has 0 aliphatic heterocycles. The molecule has 0 spiro atoms. The molecular formula is C27H25N3O6S. The van der Waals surface area contributed by atoms with Gasteiger partial charge in [0.05, 0.1) is 23.9 Å². The molecular weight excluding hydrogens is 494 g/mol. The molecule has 0 fully saturated rings. The molecule has 0 bridgehead atoms. The highest BCUT2D eigenvalue weighted by Crippen LogP contribution is 2.39. The summed E-state index contributed by atoms with van der Waals surface area (Å²) in [5, 5.41) is 6.80. The zero-order chi connectivity index (χ0) is 26.5. The molecule has 1 aliphatic rings. The highest BCUT2D eigenvalue weighted by atomic mass is 32.1. The van der Waals surface area contributed by atoms with Gasteiger partial charge in [0.2, 0.25) is 0 Å². The van der Waals surface area contributed by atoms with Crippen molar-refractivity contribution < 1.29 is 28.7 Å². The van der Waals surface area contributed by atoms with Crippen molar-refractivity contribution in [2.45, 2.75) is 33.1 Å². The van der Waals surface area contributed by atoms with E-state index in [2.05, 4.69) is 15.8 Å². The van der Waals surface area contributed by atoms with Crippen LogP contribution in [0.3, 0.4) is 0 Å². The summed E-state index contributed by atoms with van der Waals surface area (Å²) in [6.07, 6.45) is 2.45. The summed E-state index contributed by atoms with van der Waals surface area (Å²) in [4.78, 5) is 50.9. The van der Waals surface area contributed by atoms with Crippen molar-refractivity contribution in [3.8, 4) is 5.75 Å². The van der Waals surface area contributed by atoms with Gasteiger partial charge in [-0.3, -0.25) is 9.59 Å². The van der Waals surface area contributed by atoms with Crippen LogP contribution < -0.4 is 15.5 Å². The van der Waals surface area contributed by atoms with E-state index in [1.807, 2.05) is 13.0 Å². The Morgan fingerprint density at radius 1 is 0.973 bits per heavy atom. The number of nitrogens with zero attached hydrogens (tertiary/aromatic N) is 1. The van der Waals surface area contributed by atoms with E-state index >= 15 is 0 Å². The quantitative estimate of drug-likeness (QED) is 0.167. The minimum Gasteiger partial charge on any atom is -0.465 e. The van der Waals surface area contributed by atoms with Gasteiger partial charge < -0.3 is 14.8 Å². The third-order valence-electron chi connectivity index (χ3n) is 5.80. The van der Waals surface area contributed by atoms with Crippen molar-refractivity contribution in [1.82, 2.24) is 5.43 Å². The van der Waals surface area contributed by atoms with Crippen LogP contribution >= 0.6 is 11.3 Å². The van der Waals surface area contributed by atoms with Crippen molar-refractivity contribution in [1.29, 1.82) is 0 Å². The number of esters is 2. The number of aryl methyl sites for hydroxylation is 2. The van der Waals surface area contributed by atoms with E-state index in [4.69, 9.17) is 9.47 Å². The van der Waals surface area contributed by atoms with Crippen LogP contribution in [0, 0.1) is 6.92 Å². The molecule has 0 radical (unpaired) electrons. The van der Waals surface area contributed by atoms with Gasteiger partial charge in [0.25, 0.3) is 0 Å². The Bertz CT molecular complexity index is 1430. The second kappa shape index (κ2) is 11.2. The number of amides is 2. The van der Waals surface area contributed by atoms with Crippen LogP contribution in [0.15, 0.2) is 53.6 Å². The van der Waals surface area contributed by atoms with Crippen LogP contribution in [-0.4, -0.2) is 36.6 Å². The first-order chi connectivity index (χ1) is 17.8. The van der Waals surface area contributed by atoms with Gasteiger partial charge in [-0.25, -0.2) is 15.0 Å². The van der Waals surface area contributed by atoms with Crippen LogP contribution in [0.4, 0.5) is 5.00 Å². The van der Waals surface area contributed by atoms with E-state index in [0.29, 0.717) is 22.4 Å². The molecule has 37 heavy (non-hydrogen) atoms. The maximum absolute atomic E-state index is 12.6. The van der Waals surface area contributed by atoms with Gasteiger partial charge in [0.15, 0.2) is 0 Å². The number of para-hydroxylation sites is 1. The summed E-state index contributed by atoms with van der Waals surface area (Å²) in [5.41, 5.74) is 5.48. The molecule has 1 aliphatic carbocycles. The predicted molar refractivity (Wildman–Crippen MR) is 139 cm³/mol. The van der Waals surface area contributed by atoms with E-state index < -0.39 is 23.8 Å². The summed E-state index contributed by atoms with van der Waals surface area (Å²) in [6.45, 7) is 3.48. The number of carbonyl (C=O) groups excluding carboxylic acids is 4. The number of carbonyl (C=O) groups is 4. The van der Waals surface area contributed by atoms with Crippen molar-refractivity contribution in [3.05, 3.63) is 81.2 Å². The van der Waals surface area contributed by atoms with Gasteiger partial charge in [0, 0.05) is 10.4 Å². The number of benzene rings is 2. The average Bonchev–Trinajstić information content (AvgIpc) is 3.47. The first-order valence-corrected chi connectivity index (χ1v) is 12.4. The molecule has 1 aromatic heterocycles. The van der Waals surface area contributed by atoms with Crippen molar-refractivity contribution in [2.75, 3.05) is 12.4 Å². The Morgan fingerprint density at radius 3 is 2.51 bits per heavy atom. The Labute approximate surface area is 217 Å². The van der Waals surface area contributed by atoms with E-state index in [-0.39, 0.29) is 10.8 Å². The number of ether oxygens (including phenoxy) is 2. The number of fused-ring (bicyclic) bond motifs is 1. The number of hydrazone groups is 1. The molecule has 9 nitrogen and oxygen atoms in total. The van der Waals surface area contributed by atoms with Gasteiger partial charge in [-0.15, -0.1) is 11.3 Å². The molecule has 1 heterocycles. The van der Waals surface area contributed by atoms with Gasteiger partial charge in [-0.05, 0) is 62.9 Å². The number of nitrogens with one attached hydrogen (secondary N) is 2. The summed E-state index contributed by atoms with van der Waals surface area (Å²) in [6, 6.07) is 13.8.